The van der Waals surface area contributed by atoms with Crippen LogP contribution in [0, 0.1) is 17.5 Å². The minimum absolute atomic E-state index is 0.278. The van der Waals surface area contributed by atoms with Crippen molar-refractivity contribution in [2.24, 2.45) is 5.84 Å². The highest BCUT2D eigenvalue weighted by atomic mass is 19.2. The number of nitrogens with one attached hydrogen (secondary N) is 1. The van der Waals surface area contributed by atoms with Gasteiger partial charge in [-0.25, -0.2) is 13.2 Å². The van der Waals surface area contributed by atoms with Crippen LogP contribution < -0.4 is 11.3 Å². The smallest absolute Gasteiger partial charge is 0.194 e. The van der Waals surface area contributed by atoms with E-state index in [9.17, 15) is 13.2 Å². The number of nitrogens with two attached hydrogens (primary N) is 1. The molecular weight excluding hydrogens is 233 g/mol. The molecule has 6 heteroatoms. The van der Waals surface area contributed by atoms with Crippen LogP contribution in [0.5, 0.6) is 0 Å². The highest BCUT2D eigenvalue weighted by molar-refractivity contribution is 5.22. The van der Waals surface area contributed by atoms with Gasteiger partial charge in [-0.3, -0.25) is 11.3 Å². The van der Waals surface area contributed by atoms with E-state index in [4.69, 9.17) is 10.6 Å². The average molecular weight is 248 g/mol. The quantitative estimate of drug-likeness (QED) is 0.350. The summed E-state index contributed by atoms with van der Waals surface area (Å²) in [4.78, 5) is 0. The summed E-state index contributed by atoms with van der Waals surface area (Å²) < 4.78 is 43.7. The van der Waals surface area contributed by atoms with Crippen molar-refractivity contribution in [1.29, 1.82) is 0 Å². The van der Waals surface area contributed by atoms with Crippen LogP contribution >= 0.6 is 0 Å². The van der Waals surface area contributed by atoms with Gasteiger partial charge in [0.15, 0.2) is 17.5 Å². The second-order valence-corrected chi connectivity index (χ2v) is 3.65. The molecule has 1 aromatic rings. The zero-order valence-electron chi connectivity index (χ0n) is 9.47. The molecule has 0 radical (unpaired) electrons. The Morgan fingerprint density at radius 1 is 1.29 bits per heavy atom. The van der Waals surface area contributed by atoms with E-state index in [0.717, 1.165) is 12.1 Å². The SMILES string of the molecule is COCCCC(NN)c1cc(F)c(F)c(F)c1. The molecule has 17 heavy (non-hydrogen) atoms. The van der Waals surface area contributed by atoms with Crippen molar-refractivity contribution in [1.82, 2.24) is 5.43 Å². The minimum Gasteiger partial charge on any atom is -0.385 e. The number of hydrogen-bond donors (Lipinski definition) is 2. The van der Waals surface area contributed by atoms with Crippen LogP contribution in [0.15, 0.2) is 12.1 Å². The molecule has 96 valence electrons. The van der Waals surface area contributed by atoms with E-state index in [1.54, 1.807) is 7.11 Å². The highest BCUT2D eigenvalue weighted by Crippen LogP contribution is 2.22. The summed E-state index contributed by atoms with van der Waals surface area (Å²) >= 11 is 0. The molecule has 3 N–H and O–H groups in total. The van der Waals surface area contributed by atoms with Crippen molar-refractivity contribution in [2.45, 2.75) is 18.9 Å². The first-order chi connectivity index (χ1) is 8.10. The van der Waals surface area contributed by atoms with Gasteiger partial charge in [0.05, 0.1) is 0 Å². The van der Waals surface area contributed by atoms with Crippen molar-refractivity contribution in [2.75, 3.05) is 13.7 Å². The van der Waals surface area contributed by atoms with Crippen LogP contribution in [0.3, 0.4) is 0 Å². The predicted octanol–water partition coefficient (Wildman–Crippen LogP) is 2.03. The van der Waals surface area contributed by atoms with Crippen molar-refractivity contribution in [3.8, 4) is 0 Å². The fourth-order valence-corrected chi connectivity index (χ4v) is 1.55. The van der Waals surface area contributed by atoms with Crippen molar-refractivity contribution in [3.05, 3.63) is 35.1 Å². The van der Waals surface area contributed by atoms with Gasteiger partial charge in [0.25, 0.3) is 0 Å². The Kier molecular flexibility index (Phi) is 5.40. The van der Waals surface area contributed by atoms with Crippen LogP contribution in [0.25, 0.3) is 0 Å². The van der Waals surface area contributed by atoms with Crippen molar-refractivity contribution >= 4 is 0 Å². The topological polar surface area (TPSA) is 47.3 Å². The van der Waals surface area contributed by atoms with Crippen LogP contribution in [0.1, 0.15) is 24.4 Å². The maximum Gasteiger partial charge on any atom is 0.194 e. The molecule has 1 aromatic carbocycles. The Morgan fingerprint density at radius 3 is 2.35 bits per heavy atom. The lowest BCUT2D eigenvalue weighted by molar-refractivity contribution is 0.188. The van der Waals surface area contributed by atoms with Crippen LogP contribution in [0.4, 0.5) is 13.2 Å². The molecule has 0 saturated carbocycles. The highest BCUT2D eigenvalue weighted by Gasteiger charge is 2.16. The molecule has 0 aliphatic rings. The summed E-state index contributed by atoms with van der Waals surface area (Å²) in [6.45, 7) is 0.518. The third-order valence-electron chi connectivity index (χ3n) is 2.45. The lowest BCUT2D eigenvalue weighted by atomic mass is 10.0. The fourth-order valence-electron chi connectivity index (χ4n) is 1.55. The minimum atomic E-state index is -1.47. The zero-order chi connectivity index (χ0) is 12.8. The number of halogens is 3. The standard InChI is InChI=1S/C11H15F3N2O/c1-17-4-2-3-10(16-15)7-5-8(12)11(14)9(13)6-7/h5-6,10,16H,2-4,15H2,1H3. The van der Waals surface area contributed by atoms with E-state index in [2.05, 4.69) is 5.43 Å². The Bertz CT molecular complexity index is 351. The Labute approximate surface area is 97.7 Å². The normalized spacial score (nSPS) is 12.8. The predicted molar refractivity (Wildman–Crippen MR) is 57.5 cm³/mol. The molecule has 1 unspecified atom stereocenters. The second-order valence-electron chi connectivity index (χ2n) is 3.65. The molecule has 0 spiro atoms. The van der Waals surface area contributed by atoms with Gasteiger partial charge in [0, 0.05) is 19.8 Å². The first kappa shape index (κ1) is 14.0. The van der Waals surface area contributed by atoms with Gasteiger partial charge >= 0.3 is 0 Å². The molecule has 0 saturated heterocycles. The number of methoxy groups -OCH3 is 1. The van der Waals surface area contributed by atoms with Gasteiger partial charge in [-0.1, -0.05) is 0 Å². The van der Waals surface area contributed by atoms with Gasteiger partial charge in [0.1, 0.15) is 0 Å². The molecule has 0 fully saturated rings. The van der Waals surface area contributed by atoms with Crippen molar-refractivity contribution < 1.29 is 17.9 Å². The van der Waals surface area contributed by atoms with Gasteiger partial charge in [0.2, 0.25) is 0 Å². The average Bonchev–Trinajstić information content (AvgIpc) is 2.31. The summed E-state index contributed by atoms with van der Waals surface area (Å²) in [5.41, 5.74) is 2.72. The monoisotopic (exact) mass is 248 g/mol. The second kappa shape index (κ2) is 6.58. The number of benzene rings is 1. The Balaban J connectivity index is 2.81. The molecule has 1 rings (SSSR count). The van der Waals surface area contributed by atoms with Gasteiger partial charge in [-0.05, 0) is 30.5 Å². The summed E-state index contributed by atoms with van der Waals surface area (Å²) in [7, 11) is 1.56. The molecule has 0 heterocycles. The van der Waals surface area contributed by atoms with E-state index >= 15 is 0 Å². The summed E-state index contributed by atoms with van der Waals surface area (Å²) in [5.74, 6) is 1.39. The van der Waals surface area contributed by atoms with Gasteiger partial charge in [-0.2, -0.15) is 0 Å². The van der Waals surface area contributed by atoms with E-state index in [0.29, 0.717) is 19.4 Å². The number of hydrogen-bond acceptors (Lipinski definition) is 3. The first-order valence-electron chi connectivity index (χ1n) is 5.19. The van der Waals surface area contributed by atoms with E-state index in [1.165, 1.54) is 0 Å². The number of ether oxygens (including phenoxy) is 1. The lowest BCUT2D eigenvalue weighted by Gasteiger charge is -2.16. The molecule has 0 amide bonds. The molecule has 3 nitrogen and oxygen atoms in total. The molecule has 1 atom stereocenters. The maximum atomic E-state index is 13.0. The summed E-state index contributed by atoms with van der Waals surface area (Å²) in [6, 6.07) is 1.45. The third-order valence-corrected chi connectivity index (χ3v) is 2.45. The van der Waals surface area contributed by atoms with Crippen LogP contribution in [0.2, 0.25) is 0 Å². The Morgan fingerprint density at radius 2 is 1.88 bits per heavy atom. The fraction of sp³-hybridized carbons (Fsp3) is 0.455. The molecular formula is C11H15F3N2O. The molecule has 0 aliphatic heterocycles. The number of hydrazine groups is 1. The molecule has 0 aromatic heterocycles. The van der Waals surface area contributed by atoms with Crippen LogP contribution in [-0.4, -0.2) is 13.7 Å². The largest absolute Gasteiger partial charge is 0.385 e. The van der Waals surface area contributed by atoms with Crippen LogP contribution in [-0.2, 0) is 4.74 Å². The Hall–Kier alpha value is -1.11. The van der Waals surface area contributed by atoms with E-state index < -0.39 is 23.5 Å². The van der Waals surface area contributed by atoms with Crippen molar-refractivity contribution in [3.63, 3.8) is 0 Å². The maximum absolute atomic E-state index is 13.0. The third kappa shape index (κ3) is 3.69. The zero-order valence-corrected chi connectivity index (χ0v) is 9.47. The van der Waals surface area contributed by atoms with E-state index in [-0.39, 0.29) is 5.56 Å². The summed E-state index contributed by atoms with van der Waals surface area (Å²) in [5, 5.41) is 0. The first-order valence-corrected chi connectivity index (χ1v) is 5.19. The van der Waals surface area contributed by atoms with E-state index in [1.807, 2.05) is 0 Å². The molecule has 0 aliphatic carbocycles. The summed E-state index contributed by atoms with van der Waals surface area (Å²) in [6.07, 6.45) is 1.21. The van der Waals surface area contributed by atoms with Gasteiger partial charge in [-0.15, -0.1) is 0 Å². The number of rotatable bonds is 6. The van der Waals surface area contributed by atoms with Gasteiger partial charge < -0.3 is 4.74 Å². The lowest BCUT2D eigenvalue weighted by Crippen LogP contribution is -2.28. The molecule has 0 bridgehead atoms.